The van der Waals surface area contributed by atoms with Crippen LogP contribution in [0.15, 0.2) is 218 Å². The highest BCUT2D eigenvalue weighted by Gasteiger charge is 2.15. The minimum Gasteiger partial charge on any atom is -0.496 e. The Labute approximate surface area is 459 Å². The molecule has 402 valence electrons. The van der Waals surface area contributed by atoms with Crippen LogP contribution in [0.1, 0.15) is 70.9 Å². The summed E-state index contributed by atoms with van der Waals surface area (Å²) in [6.07, 6.45) is 3.50. The number of benzene rings is 7. The molecular formula is C64H65N3O10S. The van der Waals surface area contributed by atoms with E-state index in [0.29, 0.717) is 58.2 Å². The molecule has 0 radical (unpaired) electrons. The normalized spacial score (nSPS) is 10.4. The molecule has 0 bridgehead atoms. The number of hydrogen-bond donors (Lipinski definition) is 2. The van der Waals surface area contributed by atoms with Crippen molar-refractivity contribution in [1.29, 1.82) is 0 Å². The number of allylic oxidation sites excluding steroid dienone is 2. The van der Waals surface area contributed by atoms with Crippen molar-refractivity contribution in [2.45, 2.75) is 59.0 Å². The van der Waals surface area contributed by atoms with E-state index in [2.05, 4.69) is 27.8 Å². The summed E-state index contributed by atoms with van der Waals surface area (Å²) in [4.78, 5) is 33.5. The zero-order valence-corrected chi connectivity index (χ0v) is 45.5. The fourth-order valence-electron chi connectivity index (χ4n) is 7.07. The molecule has 2 N–H and O–H groups in total. The fourth-order valence-corrected chi connectivity index (χ4v) is 7.88. The monoisotopic (exact) mass is 1070 g/mol. The van der Waals surface area contributed by atoms with Gasteiger partial charge in [-0.1, -0.05) is 117 Å². The molecule has 1 unspecified atom stereocenters. The third-order valence-electron chi connectivity index (χ3n) is 10.7. The summed E-state index contributed by atoms with van der Waals surface area (Å²) in [5.74, 6) is 2.07. The Morgan fingerprint density at radius 3 is 1.35 bits per heavy atom. The van der Waals surface area contributed by atoms with Crippen molar-refractivity contribution in [3.8, 4) is 34.5 Å². The Balaban J connectivity index is 0.000000259. The molecule has 13 nitrogen and oxygen atoms in total. The van der Waals surface area contributed by atoms with Crippen LogP contribution in [0.2, 0.25) is 0 Å². The number of carboxylic acids is 1. The van der Waals surface area contributed by atoms with E-state index in [1.54, 1.807) is 66.7 Å². The first-order valence-corrected chi connectivity index (χ1v) is 26.1. The van der Waals surface area contributed by atoms with Gasteiger partial charge in [-0.25, -0.2) is 19.0 Å². The van der Waals surface area contributed by atoms with Crippen LogP contribution in [0.3, 0.4) is 0 Å². The zero-order valence-electron chi connectivity index (χ0n) is 44.7. The predicted octanol–water partition coefficient (Wildman–Crippen LogP) is 14.4. The van der Waals surface area contributed by atoms with E-state index in [0.717, 1.165) is 44.3 Å². The number of para-hydroxylation sites is 2. The molecule has 2 aromatic heterocycles. The number of nitrogens with one attached hydrogen (secondary N) is 1. The maximum atomic E-state index is 12.6. The van der Waals surface area contributed by atoms with Crippen molar-refractivity contribution in [2.24, 2.45) is 0 Å². The number of pyridine rings is 2. The first-order valence-electron chi connectivity index (χ1n) is 24.9. The highest BCUT2D eigenvalue weighted by molar-refractivity contribution is 7.83. The summed E-state index contributed by atoms with van der Waals surface area (Å²) in [5, 5.41) is 11.3. The van der Waals surface area contributed by atoms with Gasteiger partial charge in [0.2, 0.25) is 0 Å². The average molecular weight is 1070 g/mol. The maximum absolute atomic E-state index is 12.6. The SMILES string of the molecule is C=CC.C=CC.CC.COc1cc(C(=O)NS(=O)c2ccccc2)ccc1COc1cccc(OCc2ccc3ccccc3n2)c1.COc1cc(C(=O)O)ccc1COc1cccc(OCc2ccc3ccccc3n2)c1. The molecule has 9 aromatic rings. The number of carboxylic acid groups (broad SMARTS) is 1. The van der Waals surface area contributed by atoms with E-state index in [1.807, 2.05) is 149 Å². The number of nitrogens with zero attached hydrogens (tertiary/aromatic N) is 2. The molecule has 0 saturated heterocycles. The van der Waals surface area contributed by atoms with E-state index in [9.17, 15) is 13.8 Å². The van der Waals surface area contributed by atoms with E-state index in [-0.39, 0.29) is 18.8 Å². The summed E-state index contributed by atoms with van der Waals surface area (Å²) >= 11 is 0. The van der Waals surface area contributed by atoms with Gasteiger partial charge < -0.3 is 33.5 Å². The van der Waals surface area contributed by atoms with Gasteiger partial charge in [-0.2, -0.15) is 0 Å². The van der Waals surface area contributed by atoms with Crippen molar-refractivity contribution in [1.82, 2.24) is 14.7 Å². The quantitative estimate of drug-likeness (QED) is 0.0783. The smallest absolute Gasteiger partial charge is 0.335 e. The number of aromatic nitrogens is 2. The summed E-state index contributed by atoms with van der Waals surface area (Å²) in [6, 6.07) is 57.0. The van der Waals surface area contributed by atoms with Gasteiger partial charge in [0.15, 0.2) is 11.0 Å². The lowest BCUT2D eigenvalue weighted by atomic mass is 10.1. The largest absolute Gasteiger partial charge is 0.496 e. The van der Waals surface area contributed by atoms with Gasteiger partial charge >= 0.3 is 5.97 Å². The van der Waals surface area contributed by atoms with Crippen LogP contribution in [0.25, 0.3) is 21.8 Å². The second-order valence-corrected chi connectivity index (χ2v) is 17.5. The van der Waals surface area contributed by atoms with E-state index >= 15 is 0 Å². The molecule has 0 aliphatic heterocycles. The second-order valence-electron chi connectivity index (χ2n) is 16.3. The molecule has 2 heterocycles. The topological polar surface area (TPSA) is 165 Å². The number of methoxy groups -OCH3 is 2. The van der Waals surface area contributed by atoms with E-state index < -0.39 is 22.9 Å². The van der Waals surface area contributed by atoms with Gasteiger partial charge in [0.05, 0.1) is 47.1 Å². The lowest BCUT2D eigenvalue weighted by Gasteiger charge is -2.13. The van der Waals surface area contributed by atoms with Crippen molar-refractivity contribution < 1.29 is 47.3 Å². The molecular weight excluding hydrogens is 1000 g/mol. The Morgan fingerprint density at radius 2 is 0.910 bits per heavy atom. The number of fused-ring (bicyclic) bond motifs is 2. The maximum Gasteiger partial charge on any atom is 0.335 e. The molecule has 0 spiro atoms. The summed E-state index contributed by atoms with van der Waals surface area (Å²) < 4.78 is 49.4. The number of aromatic carboxylic acids is 1. The number of carbonyl (C=O) groups is 2. The summed E-state index contributed by atoms with van der Waals surface area (Å²) in [5.41, 5.74) is 5.54. The minimum atomic E-state index is -1.66. The highest BCUT2D eigenvalue weighted by Crippen LogP contribution is 2.28. The van der Waals surface area contributed by atoms with Crippen LogP contribution >= 0.6 is 0 Å². The molecule has 0 fully saturated rings. The molecule has 14 heteroatoms. The Hall–Kier alpha value is -9.27. The number of rotatable bonds is 18. The van der Waals surface area contributed by atoms with Crippen LogP contribution in [0, 0.1) is 0 Å². The molecule has 1 amide bonds. The number of hydrogen-bond acceptors (Lipinski definition) is 11. The number of carbonyl (C=O) groups excluding carboxylic acids is 1. The van der Waals surface area contributed by atoms with E-state index in [1.165, 1.54) is 26.4 Å². The van der Waals surface area contributed by atoms with Crippen LogP contribution in [-0.4, -0.2) is 45.4 Å². The summed E-state index contributed by atoms with van der Waals surface area (Å²) in [7, 11) is 1.37. The van der Waals surface area contributed by atoms with Crippen molar-refractivity contribution in [3.05, 3.63) is 247 Å². The zero-order chi connectivity index (χ0) is 56.1. The van der Waals surface area contributed by atoms with Gasteiger partial charge in [-0.15, -0.1) is 13.2 Å². The van der Waals surface area contributed by atoms with Crippen LogP contribution in [0.5, 0.6) is 34.5 Å². The Bertz CT molecular complexity index is 3380. The van der Waals surface area contributed by atoms with Gasteiger partial charge in [0.1, 0.15) is 60.9 Å². The lowest BCUT2D eigenvalue weighted by molar-refractivity contribution is 0.0696. The molecule has 78 heavy (non-hydrogen) atoms. The van der Waals surface area contributed by atoms with E-state index in [4.69, 9.17) is 33.5 Å². The molecule has 0 aliphatic carbocycles. The average Bonchev–Trinajstić information content (AvgIpc) is 3.48. The first-order chi connectivity index (χ1) is 38.0. The third kappa shape index (κ3) is 18.5. The standard InChI is InChI=1S/C31H26N2O5S.C25H21NO5.2C3H6.C2H6/c1-36-30-18-23(31(34)33-39(35)28-11-3-2-4-12-28)14-15-24(30)20-37-26-9-7-10-27(19-26)38-21-25-17-16-22-8-5-6-13-29(22)32-25;1-29-24-13-18(25(27)28)9-10-19(24)15-30-21-6-4-7-22(14-21)31-16-20-12-11-17-5-2-3-8-23(17)26-20;2*1-3-2;1-2/h2-19H,20-21H2,1H3,(H,33,34);2-14H,15-16H2,1H3,(H,27,28);2*3H,1H2,2H3;1-2H3. The van der Waals surface area contributed by atoms with Crippen molar-refractivity contribution in [3.63, 3.8) is 0 Å². The van der Waals surface area contributed by atoms with Gasteiger partial charge in [-0.3, -0.25) is 9.52 Å². The van der Waals surface area contributed by atoms with Crippen molar-refractivity contribution in [2.75, 3.05) is 14.2 Å². The number of ether oxygens (including phenoxy) is 6. The predicted molar refractivity (Wildman–Crippen MR) is 310 cm³/mol. The van der Waals surface area contributed by atoms with Gasteiger partial charge in [-0.05, 0) is 98.8 Å². The molecule has 9 rings (SSSR count). The first kappa shape index (κ1) is 59.6. The fraction of sp³-hybridized carbons (Fsp3) is 0.156. The minimum absolute atomic E-state index is 0.165. The second kappa shape index (κ2) is 32.2. The van der Waals surface area contributed by atoms with Crippen LogP contribution < -0.4 is 33.1 Å². The molecule has 7 aromatic carbocycles. The number of amides is 1. The summed E-state index contributed by atoms with van der Waals surface area (Å²) in [6.45, 7) is 15.6. The Morgan fingerprint density at radius 1 is 0.513 bits per heavy atom. The Kier molecular flexibility index (Phi) is 24.6. The molecule has 0 saturated carbocycles. The van der Waals surface area contributed by atoms with Crippen LogP contribution in [-0.2, 0) is 37.4 Å². The molecule has 0 aliphatic rings. The third-order valence-corrected chi connectivity index (χ3v) is 11.8. The van der Waals surface area contributed by atoms with Crippen molar-refractivity contribution >= 4 is 44.7 Å². The van der Waals surface area contributed by atoms with Gasteiger partial charge in [0, 0.05) is 39.6 Å². The lowest BCUT2D eigenvalue weighted by Crippen LogP contribution is -2.25. The van der Waals surface area contributed by atoms with Gasteiger partial charge in [0.25, 0.3) is 5.91 Å². The molecule has 1 atom stereocenters. The van der Waals surface area contributed by atoms with Crippen LogP contribution in [0.4, 0.5) is 0 Å². The highest BCUT2D eigenvalue weighted by atomic mass is 32.2.